The van der Waals surface area contributed by atoms with Gasteiger partial charge in [0.15, 0.2) is 0 Å². The molecular weight excluding hydrogens is 305 g/mol. The van der Waals surface area contributed by atoms with E-state index >= 15 is 0 Å². The molecule has 0 saturated carbocycles. The minimum absolute atomic E-state index is 0.0165. The van der Waals surface area contributed by atoms with Crippen LogP contribution >= 0.6 is 22.6 Å². The number of aromatic nitrogens is 3. The summed E-state index contributed by atoms with van der Waals surface area (Å²) in [6.07, 6.45) is 0.809. The van der Waals surface area contributed by atoms with Crippen LogP contribution in [0.4, 0.5) is 0 Å². The lowest BCUT2D eigenvalue weighted by molar-refractivity contribution is 0.817. The summed E-state index contributed by atoms with van der Waals surface area (Å²) in [5.41, 5.74) is 3.48. The van der Waals surface area contributed by atoms with E-state index in [2.05, 4.69) is 32.7 Å². The Hall–Kier alpha value is -0.850. The molecule has 5 heteroatoms. The molecule has 0 aliphatic carbocycles. The molecular formula is C10H12IN3O. The van der Waals surface area contributed by atoms with Crippen molar-refractivity contribution in [2.75, 3.05) is 0 Å². The Labute approximate surface area is 101 Å². The number of rotatable bonds is 1. The summed E-state index contributed by atoms with van der Waals surface area (Å²) >= 11 is 2.21. The third-order valence-electron chi connectivity index (χ3n) is 2.58. The van der Waals surface area contributed by atoms with Crippen LogP contribution in [0, 0.1) is 17.4 Å². The second-order valence-corrected chi connectivity index (χ2v) is 4.62. The molecule has 0 radical (unpaired) electrons. The highest BCUT2D eigenvalue weighted by Gasteiger charge is 2.13. The predicted molar refractivity (Wildman–Crippen MR) is 67.4 cm³/mol. The Kier molecular flexibility index (Phi) is 2.57. The molecule has 0 unspecified atom stereocenters. The molecule has 0 amide bonds. The van der Waals surface area contributed by atoms with Gasteiger partial charge in [-0.3, -0.25) is 4.79 Å². The van der Waals surface area contributed by atoms with E-state index in [1.807, 2.05) is 25.3 Å². The first-order valence-electron chi connectivity index (χ1n) is 4.82. The van der Waals surface area contributed by atoms with Gasteiger partial charge in [0.2, 0.25) is 0 Å². The summed E-state index contributed by atoms with van der Waals surface area (Å²) in [5.74, 6) is 0. The van der Waals surface area contributed by atoms with Crippen LogP contribution in [0.5, 0.6) is 0 Å². The van der Waals surface area contributed by atoms with E-state index in [0.717, 1.165) is 32.6 Å². The molecule has 80 valence electrons. The zero-order valence-electron chi connectivity index (χ0n) is 8.89. The number of nitrogens with one attached hydrogen (secondary N) is 1. The van der Waals surface area contributed by atoms with Gasteiger partial charge in [0.05, 0.1) is 15.0 Å². The number of hydrogen-bond acceptors (Lipinski definition) is 2. The molecule has 1 N–H and O–H groups in total. The normalized spacial score (nSPS) is 11.2. The quantitative estimate of drug-likeness (QED) is 0.816. The topological polar surface area (TPSA) is 50.2 Å². The smallest absolute Gasteiger partial charge is 0.254 e. The molecule has 15 heavy (non-hydrogen) atoms. The number of aryl methyl sites for hydroxylation is 2. The summed E-state index contributed by atoms with van der Waals surface area (Å²) in [6.45, 7) is 5.81. The van der Waals surface area contributed by atoms with Crippen LogP contribution in [0.2, 0.25) is 0 Å². The molecule has 0 aliphatic heterocycles. The summed E-state index contributed by atoms with van der Waals surface area (Å²) < 4.78 is 2.85. The highest BCUT2D eigenvalue weighted by atomic mass is 127. The molecule has 0 saturated heterocycles. The minimum Gasteiger partial charge on any atom is -0.306 e. The second-order valence-electron chi connectivity index (χ2n) is 3.54. The lowest BCUT2D eigenvalue weighted by atomic mass is 10.2. The van der Waals surface area contributed by atoms with E-state index in [1.54, 1.807) is 0 Å². The van der Waals surface area contributed by atoms with E-state index < -0.39 is 0 Å². The first kappa shape index (κ1) is 10.7. The van der Waals surface area contributed by atoms with Crippen LogP contribution < -0.4 is 5.56 Å². The van der Waals surface area contributed by atoms with Crippen molar-refractivity contribution in [3.63, 3.8) is 0 Å². The summed E-state index contributed by atoms with van der Waals surface area (Å²) in [7, 11) is 0. The molecule has 0 aliphatic rings. The first-order chi connectivity index (χ1) is 7.06. The first-order valence-corrected chi connectivity index (χ1v) is 5.90. The van der Waals surface area contributed by atoms with Crippen molar-refractivity contribution in [2.45, 2.75) is 27.2 Å². The van der Waals surface area contributed by atoms with Crippen molar-refractivity contribution in [2.24, 2.45) is 0 Å². The van der Waals surface area contributed by atoms with E-state index in [-0.39, 0.29) is 5.56 Å². The molecule has 0 atom stereocenters. The van der Waals surface area contributed by atoms with Gasteiger partial charge < -0.3 is 4.98 Å². The Morgan fingerprint density at radius 3 is 2.73 bits per heavy atom. The monoisotopic (exact) mass is 317 g/mol. The Morgan fingerprint density at radius 2 is 2.13 bits per heavy atom. The zero-order chi connectivity index (χ0) is 11.2. The number of H-pyrrole nitrogens is 1. The van der Waals surface area contributed by atoms with Crippen molar-refractivity contribution in [1.82, 2.24) is 14.6 Å². The van der Waals surface area contributed by atoms with Crippen LogP contribution in [-0.4, -0.2) is 14.6 Å². The zero-order valence-corrected chi connectivity index (χ0v) is 11.0. The maximum absolute atomic E-state index is 11.7. The molecule has 0 spiro atoms. The summed E-state index contributed by atoms with van der Waals surface area (Å²) in [4.78, 5) is 14.5. The van der Waals surface area contributed by atoms with Gasteiger partial charge >= 0.3 is 0 Å². The Balaban J connectivity index is 3.01. The van der Waals surface area contributed by atoms with Gasteiger partial charge in [0.25, 0.3) is 5.56 Å². The average molecular weight is 317 g/mol. The number of aromatic amines is 1. The number of fused-ring (bicyclic) bond motifs is 1. The molecule has 2 heterocycles. The molecule has 4 nitrogen and oxygen atoms in total. The minimum atomic E-state index is -0.0165. The van der Waals surface area contributed by atoms with Crippen molar-refractivity contribution >= 4 is 28.2 Å². The standard InChI is InChI=1S/C10H12IN3O/c1-4-7-5(2)10(15)12-9-8(11)6(3)13-14(7)9/h4H2,1-3H3,(H,12,15). The van der Waals surface area contributed by atoms with Crippen LogP contribution in [-0.2, 0) is 6.42 Å². The van der Waals surface area contributed by atoms with Gasteiger partial charge in [-0.1, -0.05) is 6.92 Å². The van der Waals surface area contributed by atoms with Crippen molar-refractivity contribution in [3.8, 4) is 0 Å². The molecule has 0 bridgehead atoms. The van der Waals surface area contributed by atoms with E-state index in [1.165, 1.54) is 0 Å². The maximum atomic E-state index is 11.7. The fourth-order valence-corrected chi connectivity index (χ4v) is 2.19. The third-order valence-corrected chi connectivity index (χ3v) is 3.87. The van der Waals surface area contributed by atoms with Gasteiger partial charge in [-0.05, 0) is 42.9 Å². The Morgan fingerprint density at radius 1 is 1.47 bits per heavy atom. The average Bonchev–Trinajstić information content (AvgIpc) is 2.47. The van der Waals surface area contributed by atoms with Gasteiger partial charge in [0, 0.05) is 5.56 Å². The molecule has 0 fully saturated rings. The maximum Gasteiger partial charge on any atom is 0.254 e. The van der Waals surface area contributed by atoms with Gasteiger partial charge in [-0.2, -0.15) is 5.10 Å². The van der Waals surface area contributed by atoms with Crippen LogP contribution in [0.25, 0.3) is 5.65 Å². The highest BCUT2D eigenvalue weighted by molar-refractivity contribution is 14.1. The number of nitrogens with zero attached hydrogens (tertiary/aromatic N) is 2. The van der Waals surface area contributed by atoms with E-state index in [4.69, 9.17) is 0 Å². The third kappa shape index (κ3) is 1.49. The molecule has 2 aromatic heterocycles. The Bertz CT molecular complexity index is 582. The van der Waals surface area contributed by atoms with Crippen molar-refractivity contribution < 1.29 is 0 Å². The fraction of sp³-hybridized carbons (Fsp3) is 0.400. The van der Waals surface area contributed by atoms with Crippen molar-refractivity contribution in [1.29, 1.82) is 0 Å². The molecule has 2 aromatic rings. The van der Waals surface area contributed by atoms with Crippen molar-refractivity contribution in [3.05, 3.63) is 30.9 Å². The van der Waals surface area contributed by atoms with Crippen LogP contribution in [0.15, 0.2) is 4.79 Å². The van der Waals surface area contributed by atoms with Crippen LogP contribution in [0.1, 0.15) is 23.9 Å². The van der Waals surface area contributed by atoms with Crippen LogP contribution in [0.3, 0.4) is 0 Å². The lowest BCUT2D eigenvalue weighted by Crippen LogP contribution is -2.17. The molecule has 2 rings (SSSR count). The summed E-state index contributed by atoms with van der Waals surface area (Å²) in [5, 5.41) is 4.42. The predicted octanol–water partition coefficient (Wildman–Crippen LogP) is 1.81. The SMILES string of the molecule is CCc1c(C)c(=O)[nH]c2c(I)c(C)nn12. The number of halogens is 1. The molecule has 0 aromatic carbocycles. The second kappa shape index (κ2) is 3.62. The van der Waals surface area contributed by atoms with Gasteiger partial charge in [-0.25, -0.2) is 4.52 Å². The fourth-order valence-electron chi connectivity index (χ4n) is 1.72. The number of hydrogen-bond donors (Lipinski definition) is 1. The van der Waals surface area contributed by atoms with Gasteiger partial charge in [0.1, 0.15) is 5.65 Å². The summed E-state index contributed by atoms with van der Waals surface area (Å²) in [6, 6.07) is 0. The van der Waals surface area contributed by atoms with Gasteiger partial charge in [-0.15, -0.1) is 0 Å². The van der Waals surface area contributed by atoms with E-state index in [9.17, 15) is 4.79 Å². The van der Waals surface area contributed by atoms with E-state index in [0.29, 0.717) is 0 Å². The largest absolute Gasteiger partial charge is 0.306 e. The lowest BCUT2D eigenvalue weighted by Gasteiger charge is -2.04. The highest BCUT2D eigenvalue weighted by Crippen LogP contribution is 2.17.